The summed E-state index contributed by atoms with van der Waals surface area (Å²) in [4.78, 5) is 11.7. The molecular weight excluding hydrogens is 236 g/mol. The summed E-state index contributed by atoms with van der Waals surface area (Å²) < 4.78 is 0. The van der Waals surface area contributed by atoms with Crippen LogP contribution in [0.5, 0.6) is 0 Å². The van der Waals surface area contributed by atoms with Crippen molar-refractivity contribution in [3.8, 4) is 0 Å². The highest BCUT2D eigenvalue weighted by Gasteiger charge is 2.48. The van der Waals surface area contributed by atoms with E-state index in [0.29, 0.717) is 12.3 Å². The van der Waals surface area contributed by atoms with E-state index >= 15 is 0 Å². The van der Waals surface area contributed by atoms with Gasteiger partial charge in [0.05, 0.1) is 0 Å². The molecule has 0 bridgehead atoms. The molecular formula is C17H24O2. The molecule has 4 rings (SSSR count). The number of allylic oxidation sites excluding steroid dienone is 1. The summed E-state index contributed by atoms with van der Waals surface area (Å²) in [6, 6.07) is 0. The summed E-state index contributed by atoms with van der Waals surface area (Å²) >= 11 is 0. The predicted octanol–water partition coefficient (Wildman–Crippen LogP) is 3.10. The third-order valence-electron chi connectivity index (χ3n) is 6.58. The SMILES string of the molecule is O=C1C=C2CC[C@H]3[C@@H]4CCC[C@H]4CC[C@@H]3[C@H]2CC1O. The Hall–Kier alpha value is -0.630. The third kappa shape index (κ3) is 1.83. The number of hydrogen-bond acceptors (Lipinski definition) is 2. The van der Waals surface area contributed by atoms with E-state index in [4.69, 9.17) is 0 Å². The van der Waals surface area contributed by atoms with Crippen LogP contribution in [0, 0.1) is 29.6 Å². The second kappa shape index (κ2) is 4.44. The maximum absolute atomic E-state index is 11.7. The Bertz CT molecular complexity index is 425. The molecule has 0 aliphatic heterocycles. The Balaban J connectivity index is 1.62. The van der Waals surface area contributed by atoms with Crippen molar-refractivity contribution in [3.05, 3.63) is 11.6 Å². The zero-order valence-corrected chi connectivity index (χ0v) is 11.6. The molecule has 4 aliphatic carbocycles. The predicted molar refractivity (Wildman–Crippen MR) is 73.5 cm³/mol. The van der Waals surface area contributed by atoms with Crippen LogP contribution in [-0.4, -0.2) is 17.0 Å². The molecule has 1 unspecified atom stereocenters. The Morgan fingerprint density at radius 3 is 2.79 bits per heavy atom. The van der Waals surface area contributed by atoms with E-state index in [0.717, 1.165) is 30.1 Å². The van der Waals surface area contributed by atoms with Gasteiger partial charge in [0, 0.05) is 0 Å². The summed E-state index contributed by atoms with van der Waals surface area (Å²) in [5, 5.41) is 9.90. The lowest BCUT2D eigenvalue weighted by molar-refractivity contribution is -0.124. The molecule has 19 heavy (non-hydrogen) atoms. The zero-order valence-electron chi connectivity index (χ0n) is 11.6. The molecule has 3 saturated carbocycles. The summed E-state index contributed by atoms with van der Waals surface area (Å²) in [5.41, 5.74) is 1.37. The quantitative estimate of drug-likeness (QED) is 0.726. The van der Waals surface area contributed by atoms with Crippen molar-refractivity contribution >= 4 is 5.78 Å². The number of hydrogen-bond donors (Lipinski definition) is 1. The van der Waals surface area contributed by atoms with Crippen LogP contribution in [0.15, 0.2) is 11.6 Å². The average molecular weight is 260 g/mol. The molecule has 0 aromatic carbocycles. The van der Waals surface area contributed by atoms with Crippen LogP contribution in [-0.2, 0) is 4.79 Å². The van der Waals surface area contributed by atoms with Gasteiger partial charge in [0.15, 0.2) is 5.78 Å². The minimum atomic E-state index is -0.714. The Morgan fingerprint density at radius 1 is 1.00 bits per heavy atom. The first-order valence-corrected chi connectivity index (χ1v) is 8.16. The second-order valence-electron chi connectivity index (χ2n) is 7.28. The van der Waals surface area contributed by atoms with Crippen molar-refractivity contribution in [2.75, 3.05) is 0 Å². The number of carbonyl (C=O) groups is 1. The van der Waals surface area contributed by atoms with E-state index in [1.54, 1.807) is 6.08 Å². The number of fused-ring (bicyclic) bond motifs is 5. The van der Waals surface area contributed by atoms with E-state index in [2.05, 4.69) is 0 Å². The zero-order chi connectivity index (χ0) is 13.0. The Labute approximate surface area is 115 Å². The minimum Gasteiger partial charge on any atom is -0.385 e. The largest absolute Gasteiger partial charge is 0.385 e. The van der Waals surface area contributed by atoms with Gasteiger partial charge in [-0.05, 0) is 74.2 Å². The molecule has 0 amide bonds. The van der Waals surface area contributed by atoms with Gasteiger partial charge in [0.25, 0.3) is 0 Å². The molecule has 1 N–H and O–H groups in total. The molecule has 0 aromatic rings. The fraction of sp³-hybridized carbons (Fsp3) is 0.824. The maximum atomic E-state index is 11.7. The van der Waals surface area contributed by atoms with Crippen LogP contribution in [0.25, 0.3) is 0 Å². The van der Waals surface area contributed by atoms with Gasteiger partial charge in [-0.2, -0.15) is 0 Å². The molecule has 3 fully saturated rings. The van der Waals surface area contributed by atoms with Gasteiger partial charge < -0.3 is 5.11 Å². The van der Waals surface area contributed by atoms with Crippen LogP contribution in [0.2, 0.25) is 0 Å². The van der Waals surface area contributed by atoms with Crippen molar-refractivity contribution in [2.24, 2.45) is 29.6 Å². The van der Waals surface area contributed by atoms with Gasteiger partial charge in [-0.3, -0.25) is 4.79 Å². The summed E-state index contributed by atoms with van der Waals surface area (Å²) in [5.74, 6) is 4.11. The van der Waals surface area contributed by atoms with Crippen molar-refractivity contribution in [3.63, 3.8) is 0 Å². The van der Waals surface area contributed by atoms with Crippen LogP contribution in [0.3, 0.4) is 0 Å². The fourth-order valence-corrected chi connectivity index (χ4v) is 5.79. The summed E-state index contributed by atoms with van der Waals surface area (Å²) in [6.45, 7) is 0. The molecule has 2 nitrogen and oxygen atoms in total. The minimum absolute atomic E-state index is 0.0424. The maximum Gasteiger partial charge on any atom is 0.184 e. The van der Waals surface area contributed by atoms with E-state index in [-0.39, 0.29) is 5.78 Å². The van der Waals surface area contributed by atoms with Crippen LogP contribution in [0.1, 0.15) is 51.4 Å². The normalized spacial score (nSPS) is 49.1. The molecule has 0 spiro atoms. The van der Waals surface area contributed by atoms with Crippen LogP contribution in [0.4, 0.5) is 0 Å². The van der Waals surface area contributed by atoms with E-state index in [1.165, 1.54) is 44.1 Å². The average Bonchev–Trinajstić information content (AvgIpc) is 2.88. The molecule has 2 heteroatoms. The monoisotopic (exact) mass is 260 g/mol. The van der Waals surface area contributed by atoms with E-state index < -0.39 is 6.10 Å². The number of aliphatic hydroxyl groups excluding tert-OH is 1. The highest BCUT2D eigenvalue weighted by atomic mass is 16.3. The number of aliphatic hydroxyl groups is 1. The molecule has 0 saturated heterocycles. The number of carbonyl (C=O) groups excluding carboxylic acids is 1. The lowest BCUT2D eigenvalue weighted by atomic mass is 9.56. The van der Waals surface area contributed by atoms with E-state index in [1.807, 2.05) is 0 Å². The lowest BCUT2D eigenvalue weighted by Gasteiger charge is -2.49. The van der Waals surface area contributed by atoms with Crippen molar-refractivity contribution < 1.29 is 9.90 Å². The molecule has 0 radical (unpaired) electrons. The first-order valence-electron chi connectivity index (χ1n) is 8.16. The molecule has 0 heterocycles. The summed E-state index contributed by atoms with van der Waals surface area (Å²) in [7, 11) is 0. The third-order valence-corrected chi connectivity index (χ3v) is 6.58. The van der Waals surface area contributed by atoms with Gasteiger partial charge in [0.2, 0.25) is 0 Å². The highest BCUT2D eigenvalue weighted by Crippen LogP contribution is 2.56. The molecule has 4 aliphatic rings. The topological polar surface area (TPSA) is 37.3 Å². The standard InChI is InChI=1S/C17H24O2/c18-16-8-11-5-7-13-12-3-1-2-10(12)4-6-14(13)15(11)9-17(16)19/h8,10,12-15,17,19H,1-7,9H2/t10-,12+,13-,14-,15-,17?/m0/s1. The first kappa shape index (κ1) is 12.1. The second-order valence-corrected chi connectivity index (χ2v) is 7.28. The first-order chi connectivity index (χ1) is 9.24. The van der Waals surface area contributed by atoms with E-state index in [9.17, 15) is 9.90 Å². The smallest absolute Gasteiger partial charge is 0.184 e. The fourth-order valence-electron chi connectivity index (χ4n) is 5.79. The highest BCUT2D eigenvalue weighted by molar-refractivity contribution is 5.95. The van der Waals surface area contributed by atoms with Gasteiger partial charge >= 0.3 is 0 Å². The van der Waals surface area contributed by atoms with Crippen molar-refractivity contribution in [1.82, 2.24) is 0 Å². The van der Waals surface area contributed by atoms with Gasteiger partial charge in [-0.1, -0.05) is 18.4 Å². The lowest BCUT2D eigenvalue weighted by Crippen LogP contribution is -2.43. The van der Waals surface area contributed by atoms with Gasteiger partial charge in [-0.15, -0.1) is 0 Å². The van der Waals surface area contributed by atoms with Crippen LogP contribution >= 0.6 is 0 Å². The van der Waals surface area contributed by atoms with Crippen molar-refractivity contribution in [1.29, 1.82) is 0 Å². The van der Waals surface area contributed by atoms with Crippen LogP contribution < -0.4 is 0 Å². The van der Waals surface area contributed by atoms with Gasteiger partial charge in [0.1, 0.15) is 6.10 Å². The Kier molecular flexibility index (Phi) is 2.84. The Morgan fingerprint density at radius 2 is 1.89 bits per heavy atom. The molecule has 104 valence electrons. The number of ketones is 1. The van der Waals surface area contributed by atoms with Gasteiger partial charge in [-0.25, -0.2) is 0 Å². The van der Waals surface area contributed by atoms with Crippen molar-refractivity contribution in [2.45, 2.75) is 57.5 Å². The number of rotatable bonds is 0. The molecule has 0 aromatic heterocycles. The molecule has 6 atom stereocenters. The summed E-state index contributed by atoms with van der Waals surface area (Å²) in [6.07, 6.45) is 11.3.